The molecule has 1 saturated heterocycles. The van der Waals surface area contributed by atoms with Gasteiger partial charge in [-0.2, -0.15) is 0 Å². The third-order valence-electron chi connectivity index (χ3n) is 3.97. The highest BCUT2D eigenvalue weighted by Gasteiger charge is 2.27. The summed E-state index contributed by atoms with van der Waals surface area (Å²) < 4.78 is 1.66. The van der Waals surface area contributed by atoms with Crippen LogP contribution in [0.25, 0.3) is 10.9 Å². The number of rotatable bonds is 2. The van der Waals surface area contributed by atoms with Crippen molar-refractivity contribution in [3.05, 3.63) is 40.4 Å². The zero-order valence-electron chi connectivity index (χ0n) is 11.8. The number of fused-ring (bicyclic) bond motifs is 1. The number of alkyl halides is 1. The smallest absolute Gasteiger partial charge is 0.261 e. The van der Waals surface area contributed by atoms with Crippen molar-refractivity contribution in [3.8, 4) is 0 Å². The van der Waals surface area contributed by atoms with Gasteiger partial charge in [0.2, 0.25) is 5.91 Å². The van der Waals surface area contributed by atoms with Crippen LogP contribution in [0.15, 0.2) is 29.1 Å². The molecule has 1 aromatic carbocycles. The Labute approximate surface area is 127 Å². The van der Waals surface area contributed by atoms with E-state index in [1.165, 1.54) is 0 Å². The second kappa shape index (κ2) is 5.48. The lowest BCUT2D eigenvalue weighted by Gasteiger charge is -2.31. The molecule has 5 nitrogen and oxygen atoms in total. The highest BCUT2D eigenvalue weighted by atomic mass is 35.5. The van der Waals surface area contributed by atoms with Crippen LogP contribution in [-0.4, -0.2) is 34.0 Å². The minimum Gasteiger partial charge on any atom is -0.344 e. The maximum atomic E-state index is 12.8. The Bertz CT molecular complexity index is 756. The summed E-state index contributed by atoms with van der Waals surface area (Å²) in [5.41, 5.74) is 0.582. The number of hydrogen-bond acceptors (Lipinski definition) is 3. The molecule has 1 unspecified atom stereocenters. The number of nitrogens with zero attached hydrogens (tertiary/aromatic N) is 3. The zero-order valence-corrected chi connectivity index (χ0v) is 12.5. The van der Waals surface area contributed by atoms with Crippen LogP contribution in [-0.2, 0) is 10.7 Å². The van der Waals surface area contributed by atoms with Gasteiger partial charge in [-0.05, 0) is 18.6 Å². The van der Waals surface area contributed by atoms with E-state index in [1.807, 2.05) is 18.2 Å². The van der Waals surface area contributed by atoms with Gasteiger partial charge in [0.1, 0.15) is 5.82 Å². The fraction of sp³-hybridized carbons (Fsp3) is 0.400. The van der Waals surface area contributed by atoms with Crippen LogP contribution < -0.4 is 5.56 Å². The predicted octanol–water partition coefficient (Wildman–Crippen LogP) is 1.93. The first kappa shape index (κ1) is 14.1. The van der Waals surface area contributed by atoms with Crippen LogP contribution in [0.2, 0.25) is 0 Å². The SMILES string of the molecule is CN1CC(n2c(CCl)nc3ccccc3c2=O)CCC1=O. The number of para-hydroxylation sites is 1. The Kier molecular flexibility index (Phi) is 3.68. The number of halogens is 1. The second-order valence-electron chi connectivity index (χ2n) is 5.32. The monoisotopic (exact) mass is 305 g/mol. The average molecular weight is 306 g/mol. The third kappa shape index (κ3) is 2.42. The summed E-state index contributed by atoms with van der Waals surface area (Å²) in [6.45, 7) is 0.517. The Morgan fingerprint density at radius 2 is 2.10 bits per heavy atom. The van der Waals surface area contributed by atoms with Crippen molar-refractivity contribution in [3.63, 3.8) is 0 Å². The summed E-state index contributed by atoms with van der Waals surface area (Å²) in [5, 5.41) is 0.589. The molecule has 3 rings (SSSR count). The standard InChI is InChI=1S/C15H16ClN3O2/c1-18-9-10(6-7-14(18)20)19-13(8-16)17-12-5-3-2-4-11(12)15(19)21/h2-5,10H,6-9H2,1H3. The van der Waals surface area contributed by atoms with Gasteiger partial charge in [-0.25, -0.2) is 4.98 Å². The summed E-state index contributed by atoms with van der Waals surface area (Å²) in [6.07, 6.45) is 1.09. The lowest BCUT2D eigenvalue weighted by molar-refractivity contribution is -0.132. The fourth-order valence-electron chi connectivity index (χ4n) is 2.86. The number of aromatic nitrogens is 2. The largest absolute Gasteiger partial charge is 0.344 e. The zero-order chi connectivity index (χ0) is 15.0. The molecular formula is C15H16ClN3O2. The molecule has 6 heteroatoms. The lowest BCUT2D eigenvalue weighted by atomic mass is 10.0. The molecule has 1 aliphatic heterocycles. The van der Waals surface area contributed by atoms with E-state index in [4.69, 9.17) is 11.6 Å². The number of likely N-dealkylation sites (N-methyl/N-ethyl adjacent to an activating group) is 1. The van der Waals surface area contributed by atoms with Crippen LogP contribution in [0, 0.1) is 0 Å². The van der Waals surface area contributed by atoms with Gasteiger partial charge in [-0.1, -0.05) is 12.1 Å². The molecule has 1 aromatic heterocycles. The van der Waals surface area contributed by atoms with E-state index in [9.17, 15) is 9.59 Å². The van der Waals surface area contributed by atoms with E-state index in [2.05, 4.69) is 4.98 Å². The van der Waals surface area contributed by atoms with E-state index in [0.29, 0.717) is 36.1 Å². The fourth-order valence-corrected chi connectivity index (χ4v) is 3.05. The van der Waals surface area contributed by atoms with Gasteiger partial charge >= 0.3 is 0 Å². The summed E-state index contributed by atoms with van der Waals surface area (Å²) in [7, 11) is 1.76. The minimum atomic E-state index is -0.0796. The van der Waals surface area contributed by atoms with Crippen LogP contribution >= 0.6 is 11.6 Å². The van der Waals surface area contributed by atoms with E-state index in [0.717, 1.165) is 0 Å². The van der Waals surface area contributed by atoms with Crippen molar-refractivity contribution in [1.82, 2.24) is 14.5 Å². The molecule has 0 bridgehead atoms. The molecule has 1 aliphatic rings. The molecule has 1 amide bonds. The molecular weight excluding hydrogens is 290 g/mol. The van der Waals surface area contributed by atoms with Crippen molar-refractivity contribution in [2.45, 2.75) is 24.8 Å². The van der Waals surface area contributed by atoms with E-state index in [1.54, 1.807) is 22.6 Å². The van der Waals surface area contributed by atoms with Gasteiger partial charge in [0.15, 0.2) is 0 Å². The summed E-state index contributed by atoms with van der Waals surface area (Å²) >= 11 is 5.99. The van der Waals surface area contributed by atoms with Crippen molar-refractivity contribution in [1.29, 1.82) is 0 Å². The van der Waals surface area contributed by atoms with Crippen LogP contribution in [0.1, 0.15) is 24.7 Å². The highest BCUT2D eigenvalue weighted by molar-refractivity contribution is 6.16. The quantitative estimate of drug-likeness (QED) is 0.797. The van der Waals surface area contributed by atoms with E-state index < -0.39 is 0 Å². The summed E-state index contributed by atoms with van der Waals surface area (Å²) in [6, 6.07) is 7.20. The van der Waals surface area contributed by atoms with Gasteiger partial charge in [0, 0.05) is 20.0 Å². The number of carbonyl (C=O) groups excluding carboxylic acids is 1. The number of likely N-dealkylation sites (tertiary alicyclic amines) is 1. The molecule has 0 radical (unpaired) electrons. The molecule has 1 fully saturated rings. The number of amides is 1. The summed E-state index contributed by atoms with van der Waals surface area (Å²) in [4.78, 5) is 30.5. The third-order valence-corrected chi connectivity index (χ3v) is 4.21. The molecule has 0 spiro atoms. The number of piperidine rings is 1. The van der Waals surface area contributed by atoms with Gasteiger partial charge in [-0.3, -0.25) is 14.2 Å². The Morgan fingerprint density at radius 1 is 1.33 bits per heavy atom. The topological polar surface area (TPSA) is 55.2 Å². The Balaban J connectivity index is 2.15. The molecule has 0 saturated carbocycles. The summed E-state index contributed by atoms with van der Waals surface area (Å²) in [5.74, 6) is 0.849. The second-order valence-corrected chi connectivity index (χ2v) is 5.59. The number of benzene rings is 1. The van der Waals surface area contributed by atoms with Crippen molar-refractivity contribution in [2.24, 2.45) is 0 Å². The minimum absolute atomic E-state index is 0.0638. The maximum absolute atomic E-state index is 12.8. The first-order chi connectivity index (χ1) is 10.1. The molecule has 110 valence electrons. The van der Waals surface area contributed by atoms with Gasteiger partial charge in [-0.15, -0.1) is 11.6 Å². The molecule has 1 atom stereocenters. The normalized spacial score (nSPS) is 19.2. The number of hydrogen-bond donors (Lipinski definition) is 0. The first-order valence-corrected chi connectivity index (χ1v) is 7.45. The van der Waals surface area contributed by atoms with Gasteiger partial charge in [0.25, 0.3) is 5.56 Å². The lowest BCUT2D eigenvalue weighted by Crippen LogP contribution is -2.42. The molecule has 0 N–H and O–H groups in total. The van der Waals surface area contributed by atoms with Crippen molar-refractivity contribution < 1.29 is 4.79 Å². The van der Waals surface area contributed by atoms with E-state index in [-0.39, 0.29) is 23.4 Å². The van der Waals surface area contributed by atoms with Crippen molar-refractivity contribution >= 4 is 28.4 Å². The predicted molar refractivity (Wildman–Crippen MR) is 81.5 cm³/mol. The molecule has 2 heterocycles. The maximum Gasteiger partial charge on any atom is 0.261 e. The Morgan fingerprint density at radius 3 is 2.81 bits per heavy atom. The molecule has 2 aromatic rings. The van der Waals surface area contributed by atoms with Crippen LogP contribution in [0.3, 0.4) is 0 Å². The Hall–Kier alpha value is -1.88. The van der Waals surface area contributed by atoms with Gasteiger partial charge < -0.3 is 4.90 Å². The highest BCUT2D eigenvalue weighted by Crippen LogP contribution is 2.22. The van der Waals surface area contributed by atoms with Gasteiger partial charge in [0.05, 0.1) is 22.8 Å². The van der Waals surface area contributed by atoms with Crippen LogP contribution in [0.5, 0.6) is 0 Å². The average Bonchev–Trinajstić information content (AvgIpc) is 2.50. The molecule has 0 aliphatic carbocycles. The molecule has 21 heavy (non-hydrogen) atoms. The van der Waals surface area contributed by atoms with Crippen LogP contribution in [0.4, 0.5) is 0 Å². The number of carbonyl (C=O) groups is 1. The van der Waals surface area contributed by atoms with Crippen molar-refractivity contribution in [2.75, 3.05) is 13.6 Å². The first-order valence-electron chi connectivity index (χ1n) is 6.92. The van der Waals surface area contributed by atoms with E-state index >= 15 is 0 Å².